The molecule has 6 aromatic rings. The maximum Gasteiger partial charge on any atom is 0.387 e. The fourth-order valence-electron chi connectivity index (χ4n) is 8.23. The van der Waals surface area contributed by atoms with Gasteiger partial charge in [0.1, 0.15) is 34.6 Å². The fourth-order valence-corrected chi connectivity index (χ4v) is 8.23. The molecule has 0 saturated carbocycles. The number of benzene rings is 4. The van der Waals surface area contributed by atoms with Crippen LogP contribution in [0.4, 0.5) is 17.6 Å². The van der Waals surface area contributed by atoms with Gasteiger partial charge in [0, 0.05) is 47.5 Å². The van der Waals surface area contributed by atoms with Gasteiger partial charge in [-0.15, -0.1) is 0 Å². The van der Waals surface area contributed by atoms with Gasteiger partial charge in [0.2, 0.25) is 11.8 Å². The molecule has 8 rings (SSSR count). The van der Waals surface area contributed by atoms with Gasteiger partial charge in [-0.2, -0.15) is 17.6 Å². The van der Waals surface area contributed by atoms with Gasteiger partial charge in [-0.05, 0) is 99.1 Å². The van der Waals surface area contributed by atoms with Crippen LogP contribution >= 0.6 is 0 Å². The van der Waals surface area contributed by atoms with Crippen molar-refractivity contribution in [3.05, 3.63) is 82.9 Å². The summed E-state index contributed by atoms with van der Waals surface area (Å²) in [6.45, 7) is -1.24. The molecule has 12 nitrogen and oxygen atoms in total. The lowest BCUT2D eigenvalue weighted by Crippen LogP contribution is -2.35. The second kappa shape index (κ2) is 15.7. The van der Waals surface area contributed by atoms with E-state index in [2.05, 4.69) is 0 Å². The second-order valence-electron chi connectivity index (χ2n) is 14.5. The summed E-state index contributed by atoms with van der Waals surface area (Å²) in [7, 11) is 0. The van der Waals surface area contributed by atoms with Gasteiger partial charge >= 0.3 is 25.2 Å². The maximum absolute atomic E-state index is 13.5. The predicted octanol–water partition coefficient (Wildman–Crippen LogP) is 8.89. The van der Waals surface area contributed by atoms with Gasteiger partial charge in [0.15, 0.2) is 11.2 Å². The van der Waals surface area contributed by atoms with Crippen LogP contribution in [0.2, 0.25) is 0 Å². The van der Waals surface area contributed by atoms with Crippen molar-refractivity contribution in [2.24, 2.45) is 0 Å². The first kappa shape index (κ1) is 38.9. The van der Waals surface area contributed by atoms with Crippen LogP contribution in [0.1, 0.15) is 47.9 Å². The molecular formula is C42H38F4N4O8. The largest absolute Gasteiger partial charge is 0.480 e. The Morgan fingerprint density at radius 3 is 1.47 bits per heavy atom. The van der Waals surface area contributed by atoms with Crippen molar-refractivity contribution < 1.29 is 55.7 Å². The Labute approximate surface area is 328 Å². The second-order valence-corrected chi connectivity index (χ2v) is 14.5. The molecular weight excluding hydrogens is 764 g/mol. The van der Waals surface area contributed by atoms with Gasteiger partial charge in [-0.3, -0.25) is 19.4 Å². The van der Waals surface area contributed by atoms with Gasteiger partial charge in [0.25, 0.3) is 0 Å². The number of hydrogen-bond acceptors (Lipinski definition) is 10. The van der Waals surface area contributed by atoms with Crippen LogP contribution in [0.5, 0.6) is 11.5 Å². The molecule has 4 heterocycles. The molecule has 2 fully saturated rings. The topological polar surface area (TPSA) is 152 Å². The van der Waals surface area contributed by atoms with Crippen molar-refractivity contribution in [2.45, 2.75) is 77.9 Å². The van der Waals surface area contributed by atoms with E-state index in [4.69, 9.17) is 28.3 Å². The molecule has 2 saturated heterocycles. The van der Waals surface area contributed by atoms with Crippen molar-refractivity contribution >= 4 is 34.1 Å². The summed E-state index contributed by atoms with van der Waals surface area (Å²) in [5.74, 6) is -1.70. The van der Waals surface area contributed by atoms with Gasteiger partial charge < -0.3 is 28.5 Å². The highest BCUT2D eigenvalue weighted by Crippen LogP contribution is 2.40. The number of carboxylic acids is 2. The average Bonchev–Trinajstić information content (AvgIpc) is 3.99. The first-order chi connectivity index (χ1) is 27.8. The Morgan fingerprint density at radius 1 is 0.690 bits per heavy atom. The average molecular weight is 803 g/mol. The van der Waals surface area contributed by atoms with Gasteiger partial charge in [-0.1, -0.05) is 24.3 Å². The number of likely N-dealkylation sites (tertiary alicyclic amines) is 2. The third kappa shape index (κ3) is 7.56. The molecule has 0 aliphatic carbocycles. The number of fused-ring (bicyclic) bond motifs is 2. The molecule has 2 N–H and O–H groups in total. The Balaban J connectivity index is 1.12. The van der Waals surface area contributed by atoms with Crippen LogP contribution in [-0.2, 0) is 22.7 Å². The van der Waals surface area contributed by atoms with Crippen LogP contribution in [0, 0.1) is 13.8 Å². The van der Waals surface area contributed by atoms with Crippen LogP contribution in [-0.4, -0.2) is 80.3 Å². The van der Waals surface area contributed by atoms with Crippen molar-refractivity contribution in [1.82, 2.24) is 19.8 Å². The van der Waals surface area contributed by atoms with E-state index < -0.39 is 37.2 Å². The van der Waals surface area contributed by atoms with Crippen molar-refractivity contribution in [3.8, 4) is 45.5 Å². The zero-order valence-electron chi connectivity index (χ0n) is 31.4. The number of carbonyl (C=O) groups is 2. The van der Waals surface area contributed by atoms with Crippen LogP contribution in [0.25, 0.3) is 56.2 Å². The highest BCUT2D eigenvalue weighted by Gasteiger charge is 2.33. The molecule has 2 aromatic heterocycles. The SMILES string of the molecule is Cc1c(-c2nc3cc(CN4CCC[C@H]4C(=O)O)c(OC(F)F)cc3o2)cccc1-c1cccc(-c2nc3cc(CN4CCC[C@H]4C(=O)O)c(OC(F)F)cc3o2)c1C. The van der Waals surface area contributed by atoms with Crippen molar-refractivity contribution in [2.75, 3.05) is 13.1 Å². The minimum Gasteiger partial charge on any atom is -0.480 e. The highest BCUT2D eigenvalue weighted by molar-refractivity contribution is 5.85. The normalized spacial score (nSPS) is 17.7. The quantitative estimate of drug-likeness (QED) is 0.107. The monoisotopic (exact) mass is 802 g/mol. The van der Waals surface area contributed by atoms with E-state index >= 15 is 0 Å². The molecule has 0 bridgehead atoms. The molecule has 0 amide bonds. The summed E-state index contributed by atoms with van der Waals surface area (Å²) in [5, 5.41) is 19.3. The molecule has 0 spiro atoms. The highest BCUT2D eigenvalue weighted by atomic mass is 19.3. The zero-order valence-corrected chi connectivity index (χ0v) is 31.4. The lowest BCUT2D eigenvalue weighted by atomic mass is 9.91. The fraction of sp³-hybridized carbons (Fsp3) is 0.333. The predicted molar refractivity (Wildman–Crippen MR) is 203 cm³/mol. The Kier molecular flexibility index (Phi) is 10.5. The van der Waals surface area contributed by atoms with Crippen LogP contribution in [0.15, 0.2) is 69.5 Å². The number of halogens is 4. The summed E-state index contributed by atoms with van der Waals surface area (Å²) in [6.07, 6.45) is 2.26. The Morgan fingerprint density at radius 2 is 1.09 bits per heavy atom. The first-order valence-corrected chi connectivity index (χ1v) is 18.7. The third-order valence-electron chi connectivity index (χ3n) is 11.0. The summed E-state index contributed by atoms with van der Waals surface area (Å²) in [6, 6.07) is 15.7. The molecule has 0 unspecified atom stereocenters. The van der Waals surface area contributed by atoms with E-state index in [-0.39, 0.29) is 47.5 Å². The van der Waals surface area contributed by atoms with E-state index in [1.54, 1.807) is 21.9 Å². The van der Waals surface area contributed by atoms with Crippen molar-refractivity contribution in [1.29, 1.82) is 0 Å². The zero-order chi connectivity index (χ0) is 40.8. The number of oxazole rings is 2. The number of rotatable bonds is 13. The lowest BCUT2D eigenvalue weighted by Gasteiger charge is -2.22. The minimum absolute atomic E-state index is 0.0823. The molecule has 16 heteroatoms. The number of aromatic nitrogens is 2. The molecule has 302 valence electrons. The lowest BCUT2D eigenvalue weighted by molar-refractivity contribution is -0.143. The molecule has 0 radical (unpaired) electrons. The molecule has 2 aliphatic rings. The minimum atomic E-state index is -3.11. The van der Waals surface area contributed by atoms with E-state index in [0.717, 1.165) is 22.3 Å². The van der Waals surface area contributed by atoms with Gasteiger partial charge in [-0.25, -0.2) is 9.97 Å². The summed E-state index contributed by atoms with van der Waals surface area (Å²) < 4.78 is 76.0. The summed E-state index contributed by atoms with van der Waals surface area (Å²) >= 11 is 0. The smallest absolute Gasteiger partial charge is 0.387 e. The molecule has 58 heavy (non-hydrogen) atoms. The standard InChI is InChI=1S/C42H38F4N4O8/c1-21-25(7-3-9-27(21)37-47-29-15-23(19-49-13-5-11-31(49)39(51)52)33(57-41(43)44)17-35(29)55-37)26-8-4-10-28(22(26)2)38-48-30-16-24(20-50-14-6-12-32(50)40(53)54)34(58-42(45)46)18-36(30)56-38/h3-4,7-10,15-18,31-32,41-42H,5-6,11-14,19-20H2,1-2H3,(H,51,52)(H,53,54)/t31-,32-/m0/s1. The first-order valence-electron chi connectivity index (χ1n) is 18.7. The number of aliphatic carboxylic acids is 2. The molecule has 4 aromatic carbocycles. The van der Waals surface area contributed by atoms with Crippen molar-refractivity contribution in [3.63, 3.8) is 0 Å². The molecule has 2 atom stereocenters. The van der Waals surface area contributed by atoms with E-state index in [0.29, 0.717) is 72.1 Å². The number of nitrogens with zero attached hydrogens (tertiary/aromatic N) is 4. The van der Waals surface area contributed by atoms with E-state index in [1.807, 2.05) is 50.2 Å². The number of hydrogen-bond donors (Lipinski definition) is 2. The Bertz CT molecular complexity index is 2360. The number of alkyl halides is 4. The van der Waals surface area contributed by atoms with E-state index in [9.17, 15) is 37.4 Å². The number of ether oxygens (including phenoxy) is 2. The van der Waals surface area contributed by atoms with E-state index in [1.165, 1.54) is 12.1 Å². The molecule has 2 aliphatic heterocycles. The summed E-state index contributed by atoms with van der Waals surface area (Å²) in [5.41, 5.74) is 6.52. The number of carboxylic acid groups (broad SMARTS) is 2. The van der Waals surface area contributed by atoms with Crippen LogP contribution < -0.4 is 9.47 Å². The van der Waals surface area contributed by atoms with Crippen LogP contribution in [0.3, 0.4) is 0 Å². The van der Waals surface area contributed by atoms with Gasteiger partial charge in [0.05, 0.1) is 0 Å². The third-order valence-corrected chi connectivity index (χ3v) is 11.0. The maximum atomic E-state index is 13.5. The Hall–Kier alpha value is -6.00. The summed E-state index contributed by atoms with van der Waals surface area (Å²) in [4.78, 5) is 36.5.